The number of nitro benzene ring substituents is 1. The third-order valence-electron chi connectivity index (χ3n) is 4.33. The van der Waals surface area contributed by atoms with Crippen molar-refractivity contribution in [3.63, 3.8) is 0 Å². The lowest BCUT2D eigenvalue weighted by Gasteiger charge is -2.28. The zero-order valence-corrected chi connectivity index (χ0v) is 16.6. The minimum Gasteiger partial charge on any atom is -0.454 e. The number of nitro groups is 1. The van der Waals surface area contributed by atoms with Crippen LogP contribution in [0.5, 0.6) is 0 Å². The van der Waals surface area contributed by atoms with Crippen LogP contribution in [-0.4, -0.2) is 49.6 Å². The Morgan fingerprint density at radius 1 is 1.14 bits per heavy atom. The lowest BCUT2D eigenvalue weighted by Crippen LogP contribution is -2.36. The Bertz CT molecular complexity index is 960. The highest BCUT2D eigenvalue weighted by Crippen LogP contribution is 2.30. The molecule has 29 heavy (non-hydrogen) atoms. The number of halogens is 2. The molecule has 1 heterocycles. The Hall–Kier alpha value is -2.68. The highest BCUT2D eigenvalue weighted by molar-refractivity contribution is 6.36. The first-order valence-electron chi connectivity index (χ1n) is 8.63. The molecule has 0 spiro atoms. The maximum absolute atomic E-state index is 12.3. The van der Waals surface area contributed by atoms with Crippen LogP contribution in [0.1, 0.15) is 20.7 Å². The van der Waals surface area contributed by atoms with Gasteiger partial charge in [0.15, 0.2) is 6.61 Å². The van der Waals surface area contributed by atoms with Gasteiger partial charge in [-0.15, -0.1) is 0 Å². The summed E-state index contributed by atoms with van der Waals surface area (Å²) in [5.74, 6) is -1.36. The van der Waals surface area contributed by atoms with Gasteiger partial charge in [0.25, 0.3) is 5.69 Å². The van der Waals surface area contributed by atoms with Gasteiger partial charge in [-0.2, -0.15) is 0 Å². The molecule has 2 aromatic rings. The number of Topliss-reactive ketones (excluding diaryl/α,β-unsaturated/α-hetero) is 1. The minimum absolute atomic E-state index is 0.0243. The second kappa shape index (κ2) is 9.21. The molecular weight excluding hydrogens is 423 g/mol. The molecule has 3 rings (SSSR count). The number of ether oxygens (including phenoxy) is 2. The average molecular weight is 439 g/mol. The molecule has 0 bridgehead atoms. The fourth-order valence-corrected chi connectivity index (χ4v) is 3.39. The van der Waals surface area contributed by atoms with Crippen molar-refractivity contribution in [1.82, 2.24) is 0 Å². The monoisotopic (exact) mass is 438 g/mol. The number of hydrogen-bond acceptors (Lipinski definition) is 7. The molecule has 0 aromatic heterocycles. The van der Waals surface area contributed by atoms with Gasteiger partial charge >= 0.3 is 5.97 Å². The van der Waals surface area contributed by atoms with Crippen LogP contribution in [0.15, 0.2) is 36.4 Å². The molecule has 1 aliphatic rings. The summed E-state index contributed by atoms with van der Waals surface area (Å²) in [5, 5.41) is 12.0. The van der Waals surface area contributed by atoms with Gasteiger partial charge in [-0.3, -0.25) is 14.9 Å². The van der Waals surface area contributed by atoms with Crippen LogP contribution in [0.25, 0.3) is 0 Å². The van der Waals surface area contributed by atoms with Crippen LogP contribution in [-0.2, 0) is 9.47 Å². The van der Waals surface area contributed by atoms with E-state index in [1.54, 1.807) is 0 Å². The zero-order chi connectivity index (χ0) is 21.0. The highest BCUT2D eigenvalue weighted by Gasteiger charge is 2.24. The van der Waals surface area contributed by atoms with Gasteiger partial charge in [0.1, 0.15) is 5.69 Å². The summed E-state index contributed by atoms with van der Waals surface area (Å²) in [5.41, 5.74) is 0.327. The van der Waals surface area contributed by atoms with Gasteiger partial charge in [-0.25, -0.2) is 4.79 Å². The van der Waals surface area contributed by atoms with Gasteiger partial charge in [0.05, 0.1) is 28.7 Å². The van der Waals surface area contributed by atoms with Crippen molar-refractivity contribution in [2.24, 2.45) is 0 Å². The number of nitrogens with zero attached hydrogens (tertiary/aromatic N) is 2. The summed E-state index contributed by atoms with van der Waals surface area (Å²) >= 11 is 11.8. The largest absolute Gasteiger partial charge is 0.454 e. The zero-order valence-electron chi connectivity index (χ0n) is 15.1. The van der Waals surface area contributed by atoms with E-state index in [2.05, 4.69) is 0 Å². The molecule has 2 aromatic carbocycles. The topological polar surface area (TPSA) is 99.0 Å². The molecule has 8 nitrogen and oxygen atoms in total. The summed E-state index contributed by atoms with van der Waals surface area (Å²) in [4.78, 5) is 37.3. The lowest BCUT2D eigenvalue weighted by atomic mass is 10.1. The second-order valence-electron chi connectivity index (χ2n) is 6.18. The predicted molar refractivity (Wildman–Crippen MR) is 107 cm³/mol. The van der Waals surface area contributed by atoms with E-state index >= 15 is 0 Å². The number of benzene rings is 2. The van der Waals surface area contributed by atoms with Crippen LogP contribution in [0, 0.1) is 10.1 Å². The molecule has 0 radical (unpaired) electrons. The maximum Gasteiger partial charge on any atom is 0.338 e. The number of esters is 1. The van der Waals surface area contributed by atoms with Crippen molar-refractivity contribution in [1.29, 1.82) is 0 Å². The first-order valence-corrected chi connectivity index (χ1v) is 9.39. The van der Waals surface area contributed by atoms with Crippen LogP contribution in [0.2, 0.25) is 10.0 Å². The van der Waals surface area contributed by atoms with Crippen molar-refractivity contribution < 1.29 is 24.0 Å². The molecule has 1 saturated heterocycles. The van der Waals surface area contributed by atoms with E-state index in [4.69, 9.17) is 32.7 Å². The molecule has 0 saturated carbocycles. The molecule has 0 amide bonds. The van der Waals surface area contributed by atoms with E-state index in [0.717, 1.165) is 6.07 Å². The van der Waals surface area contributed by atoms with E-state index in [1.165, 1.54) is 30.3 Å². The first-order chi connectivity index (χ1) is 13.9. The molecule has 0 unspecified atom stereocenters. The van der Waals surface area contributed by atoms with E-state index in [1.807, 2.05) is 4.90 Å². The highest BCUT2D eigenvalue weighted by atomic mass is 35.5. The van der Waals surface area contributed by atoms with Gasteiger partial charge in [-0.05, 0) is 30.3 Å². The average Bonchev–Trinajstić information content (AvgIpc) is 2.72. The molecule has 152 valence electrons. The number of hydrogen-bond donors (Lipinski definition) is 0. The minimum atomic E-state index is -0.847. The summed E-state index contributed by atoms with van der Waals surface area (Å²) < 4.78 is 10.3. The van der Waals surface area contributed by atoms with E-state index in [-0.39, 0.29) is 21.8 Å². The molecular formula is C19H16Cl2N2O6. The van der Waals surface area contributed by atoms with Crippen LogP contribution >= 0.6 is 23.2 Å². The van der Waals surface area contributed by atoms with Gasteiger partial charge in [-0.1, -0.05) is 23.2 Å². The molecule has 0 atom stereocenters. The van der Waals surface area contributed by atoms with E-state index in [9.17, 15) is 19.7 Å². The molecule has 1 fully saturated rings. The van der Waals surface area contributed by atoms with Crippen molar-refractivity contribution >= 4 is 46.3 Å². The molecule has 0 aliphatic carbocycles. The van der Waals surface area contributed by atoms with Crippen molar-refractivity contribution in [3.8, 4) is 0 Å². The quantitative estimate of drug-likeness (QED) is 0.292. The van der Waals surface area contributed by atoms with Gasteiger partial charge < -0.3 is 14.4 Å². The molecule has 1 aliphatic heterocycles. The third kappa shape index (κ3) is 5.03. The Morgan fingerprint density at radius 2 is 1.86 bits per heavy atom. The Kier molecular flexibility index (Phi) is 6.68. The normalized spacial score (nSPS) is 13.8. The number of anilines is 1. The smallest absolute Gasteiger partial charge is 0.338 e. The fraction of sp³-hybridized carbons (Fsp3) is 0.263. The maximum atomic E-state index is 12.3. The fourth-order valence-electron chi connectivity index (χ4n) is 2.88. The SMILES string of the molecule is O=C(OCC(=O)c1ccc(Cl)cc1Cl)c1ccc(N2CCOCC2)c([N+](=O)[O-])c1. The van der Waals surface area contributed by atoms with E-state index in [0.29, 0.717) is 37.0 Å². The van der Waals surface area contributed by atoms with Crippen molar-refractivity contribution in [3.05, 3.63) is 67.7 Å². The standard InChI is InChI=1S/C19H16Cl2N2O6/c20-13-2-3-14(15(21)10-13)18(24)11-29-19(25)12-1-4-16(17(9-12)23(26)27)22-5-7-28-8-6-22/h1-4,9-10H,5-8,11H2. The van der Waals surface area contributed by atoms with Crippen LogP contribution in [0.3, 0.4) is 0 Å². The lowest BCUT2D eigenvalue weighted by molar-refractivity contribution is -0.384. The third-order valence-corrected chi connectivity index (χ3v) is 4.87. The predicted octanol–water partition coefficient (Wildman–Crippen LogP) is 3.78. The van der Waals surface area contributed by atoms with E-state index < -0.39 is 23.3 Å². The summed E-state index contributed by atoms with van der Waals surface area (Å²) in [6.07, 6.45) is 0. The molecule has 0 N–H and O–H groups in total. The number of morpholine rings is 1. The Morgan fingerprint density at radius 3 is 2.52 bits per heavy atom. The number of carbonyl (C=O) groups is 2. The first kappa shape index (κ1) is 21.0. The number of ketones is 1. The van der Waals surface area contributed by atoms with Crippen LogP contribution < -0.4 is 4.90 Å². The van der Waals surface area contributed by atoms with Gasteiger partial charge in [0, 0.05) is 29.7 Å². The van der Waals surface area contributed by atoms with Crippen LogP contribution in [0.4, 0.5) is 11.4 Å². The number of rotatable bonds is 6. The summed E-state index contributed by atoms with van der Waals surface area (Å²) in [6.45, 7) is 1.41. The van der Waals surface area contributed by atoms with Crippen molar-refractivity contribution in [2.75, 3.05) is 37.8 Å². The second-order valence-corrected chi connectivity index (χ2v) is 7.03. The molecule has 10 heteroatoms. The Balaban J connectivity index is 1.72. The Labute approximate surface area is 176 Å². The summed E-state index contributed by atoms with van der Waals surface area (Å²) in [6, 6.07) is 8.41. The summed E-state index contributed by atoms with van der Waals surface area (Å²) in [7, 11) is 0. The van der Waals surface area contributed by atoms with Crippen molar-refractivity contribution in [2.45, 2.75) is 0 Å². The van der Waals surface area contributed by atoms with Gasteiger partial charge in [0.2, 0.25) is 5.78 Å². The number of carbonyl (C=O) groups excluding carboxylic acids is 2.